The average Bonchev–Trinajstić information content (AvgIpc) is 2.46. The molecule has 0 aliphatic carbocycles. The Labute approximate surface area is 144 Å². The van der Waals surface area contributed by atoms with Gasteiger partial charge in [-0.05, 0) is 36.8 Å². The van der Waals surface area contributed by atoms with Crippen molar-refractivity contribution in [1.82, 2.24) is 10.6 Å². The van der Waals surface area contributed by atoms with Crippen LogP contribution in [-0.4, -0.2) is 17.7 Å². The van der Waals surface area contributed by atoms with Crippen LogP contribution in [0.1, 0.15) is 18.5 Å². The lowest BCUT2D eigenvalue weighted by atomic mass is 9.96. The molecule has 0 spiro atoms. The van der Waals surface area contributed by atoms with Crippen LogP contribution in [-0.2, 0) is 9.53 Å². The molecule has 1 aliphatic rings. The molecule has 0 unspecified atom stereocenters. The molecule has 0 radical (unpaired) electrons. The summed E-state index contributed by atoms with van der Waals surface area (Å²) in [4.78, 5) is 12.3. The number of hydrogen-bond acceptors (Lipinski definition) is 3. The maximum absolute atomic E-state index is 12.3. The van der Waals surface area contributed by atoms with E-state index < -0.39 is 12.0 Å². The molecular formula is C15H14Cl2N2O2S. The first kappa shape index (κ1) is 16.8. The molecule has 2 N–H and O–H groups in total. The number of carbonyl (C=O) groups is 1. The van der Waals surface area contributed by atoms with Gasteiger partial charge in [0, 0.05) is 5.70 Å². The van der Waals surface area contributed by atoms with Gasteiger partial charge in [0.15, 0.2) is 5.11 Å². The Balaban J connectivity index is 2.42. The lowest BCUT2D eigenvalue weighted by molar-refractivity contribution is -0.138. The molecule has 0 fully saturated rings. The first-order valence-electron chi connectivity index (χ1n) is 6.45. The van der Waals surface area contributed by atoms with Crippen LogP contribution < -0.4 is 10.6 Å². The van der Waals surface area contributed by atoms with Gasteiger partial charge in [0.25, 0.3) is 0 Å². The van der Waals surface area contributed by atoms with Gasteiger partial charge in [0.1, 0.15) is 6.61 Å². The molecule has 4 nitrogen and oxygen atoms in total. The maximum atomic E-state index is 12.3. The van der Waals surface area contributed by atoms with Crippen molar-refractivity contribution in [3.05, 3.63) is 57.7 Å². The largest absolute Gasteiger partial charge is 0.458 e. The molecular weight excluding hydrogens is 343 g/mol. The highest BCUT2D eigenvalue weighted by Gasteiger charge is 2.31. The molecule has 22 heavy (non-hydrogen) atoms. The normalized spacial score (nSPS) is 17.6. The molecule has 116 valence electrons. The summed E-state index contributed by atoms with van der Waals surface area (Å²) in [5.74, 6) is -0.448. The highest BCUT2D eigenvalue weighted by Crippen LogP contribution is 2.31. The second kappa shape index (κ2) is 7.13. The van der Waals surface area contributed by atoms with E-state index in [0.29, 0.717) is 26.4 Å². The van der Waals surface area contributed by atoms with Crippen LogP contribution in [0.2, 0.25) is 10.0 Å². The number of ether oxygens (including phenoxy) is 1. The summed E-state index contributed by atoms with van der Waals surface area (Å²) < 4.78 is 5.14. The van der Waals surface area contributed by atoms with Crippen LogP contribution in [0, 0.1) is 0 Å². The van der Waals surface area contributed by atoms with Crippen molar-refractivity contribution < 1.29 is 9.53 Å². The molecule has 0 saturated carbocycles. The van der Waals surface area contributed by atoms with Crippen molar-refractivity contribution >= 4 is 46.5 Å². The van der Waals surface area contributed by atoms with Crippen LogP contribution in [0.3, 0.4) is 0 Å². The van der Waals surface area contributed by atoms with Crippen LogP contribution in [0.25, 0.3) is 0 Å². The highest BCUT2D eigenvalue weighted by molar-refractivity contribution is 7.80. The van der Waals surface area contributed by atoms with Gasteiger partial charge in [-0.15, -0.1) is 0 Å². The zero-order valence-corrected chi connectivity index (χ0v) is 14.1. The summed E-state index contributed by atoms with van der Waals surface area (Å²) in [5, 5.41) is 7.25. The Morgan fingerprint density at radius 2 is 2.18 bits per heavy atom. The lowest BCUT2D eigenvalue weighted by Crippen LogP contribution is -2.45. The van der Waals surface area contributed by atoms with Crippen molar-refractivity contribution in [2.45, 2.75) is 13.0 Å². The third-order valence-electron chi connectivity index (χ3n) is 3.10. The molecule has 1 aliphatic heterocycles. The third kappa shape index (κ3) is 3.61. The monoisotopic (exact) mass is 356 g/mol. The first-order chi connectivity index (χ1) is 10.4. The number of rotatable bonds is 4. The van der Waals surface area contributed by atoms with E-state index in [1.807, 2.05) is 0 Å². The number of hydrogen-bond donors (Lipinski definition) is 2. The van der Waals surface area contributed by atoms with Gasteiger partial charge >= 0.3 is 5.97 Å². The highest BCUT2D eigenvalue weighted by atomic mass is 35.5. The molecule has 1 atom stereocenters. The molecule has 7 heteroatoms. The van der Waals surface area contributed by atoms with E-state index in [9.17, 15) is 4.79 Å². The molecule has 0 bridgehead atoms. The molecule has 0 amide bonds. The zero-order chi connectivity index (χ0) is 16.3. The average molecular weight is 357 g/mol. The van der Waals surface area contributed by atoms with E-state index in [1.54, 1.807) is 25.1 Å². The number of benzene rings is 1. The van der Waals surface area contributed by atoms with Crippen LogP contribution in [0.4, 0.5) is 0 Å². The Bertz CT molecular complexity index is 674. The standard InChI is InChI=1S/C15H14Cl2N2O2S/c1-3-6-21-14(20)12-8(2)18-15(22)19-13(12)9-4-5-10(16)11(17)7-9/h3-5,7,13H,1,6H2,2H3,(H2,18,19,22)/t13-/m0/s1. The Kier molecular flexibility index (Phi) is 5.45. The second-order valence-electron chi connectivity index (χ2n) is 4.63. The molecule has 1 heterocycles. The van der Waals surface area contributed by atoms with Gasteiger partial charge in [0.2, 0.25) is 0 Å². The van der Waals surface area contributed by atoms with Gasteiger partial charge < -0.3 is 15.4 Å². The molecule has 0 saturated heterocycles. The molecule has 0 aromatic heterocycles. The Morgan fingerprint density at radius 3 is 2.82 bits per heavy atom. The van der Waals surface area contributed by atoms with E-state index in [1.165, 1.54) is 6.08 Å². The van der Waals surface area contributed by atoms with Gasteiger partial charge in [-0.2, -0.15) is 0 Å². The zero-order valence-electron chi connectivity index (χ0n) is 11.8. The Hall–Kier alpha value is -1.56. The summed E-state index contributed by atoms with van der Waals surface area (Å²) >= 11 is 17.2. The summed E-state index contributed by atoms with van der Waals surface area (Å²) in [6.07, 6.45) is 1.51. The second-order valence-corrected chi connectivity index (χ2v) is 5.85. The van der Waals surface area contributed by atoms with E-state index in [4.69, 9.17) is 40.2 Å². The predicted molar refractivity (Wildman–Crippen MR) is 91.9 cm³/mol. The van der Waals surface area contributed by atoms with E-state index >= 15 is 0 Å². The first-order valence-corrected chi connectivity index (χ1v) is 7.61. The minimum absolute atomic E-state index is 0.133. The topological polar surface area (TPSA) is 50.4 Å². The van der Waals surface area contributed by atoms with E-state index in [2.05, 4.69) is 17.2 Å². The SMILES string of the molecule is C=CCOC(=O)C1=C(C)NC(=S)N[C@H]1c1ccc(Cl)c(Cl)c1. The summed E-state index contributed by atoms with van der Waals surface area (Å²) in [7, 11) is 0. The quantitative estimate of drug-likeness (QED) is 0.491. The number of halogens is 2. The Morgan fingerprint density at radius 1 is 1.45 bits per heavy atom. The van der Waals surface area contributed by atoms with Crippen LogP contribution in [0.15, 0.2) is 42.1 Å². The number of esters is 1. The van der Waals surface area contributed by atoms with Crippen molar-refractivity contribution in [2.24, 2.45) is 0 Å². The third-order valence-corrected chi connectivity index (χ3v) is 4.06. The van der Waals surface area contributed by atoms with Gasteiger partial charge in [-0.25, -0.2) is 4.79 Å². The van der Waals surface area contributed by atoms with E-state index in [0.717, 1.165) is 5.56 Å². The van der Waals surface area contributed by atoms with Crippen molar-refractivity contribution in [2.75, 3.05) is 6.61 Å². The molecule has 1 aromatic carbocycles. The van der Waals surface area contributed by atoms with Crippen molar-refractivity contribution in [3.63, 3.8) is 0 Å². The fourth-order valence-corrected chi connectivity index (χ4v) is 2.70. The van der Waals surface area contributed by atoms with Crippen LogP contribution in [0.5, 0.6) is 0 Å². The molecule has 2 rings (SSSR count). The van der Waals surface area contributed by atoms with Gasteiger partial charge in [-0.3, -0.25) is 0 Å². The summed E-state index contributed by atoms with van der Waals surface area (Å²) in [6, 6.07) is 4.70. The van der Waals surface area contributed by atoms with E-state index in [-0.39, 0.29) is 6.61 Å². The fourth-order valence-electron chi connectivity index (χ4n) is 2.12. The molecule has 1 aromatic rings. The summed E-state index contributed by atoms with van der Waals surface area (Å²) in [6.45, 7) is 5.43. The number of allylic oxidation sites excluding steroid dienone is 1. The number of thiocarbonyl (C=S) groups is 1. The number of carbonyl (C=O) groups excluding carboxylic acids is 1. The van der Waals surface area contributed by atoms with Gasteiger partial charge in [-0.1, -0.05) is 41.9 Å². The van der Waals surface area contributed by atoms with Gasteiger partial charge in [0.05, 0.1) is 21.7 Å². The van der Waals surface area contributed by atoms with Crippen molar-refractivity contribution in [3.8, 4) is 0 Å². The smallest absolute Gasteiger partial charge is 0.338 e. The van der Waals surface area contributed by atoms with Crippen LogP contribution >= 0.6 is 35.4 Å². The number of nitrogens with one attached hydrogen (secondary N) is 2. The fraction of sp³-hybridized carbons (Fsp3) is 0.200. The summed E-state index contributed by atoms with van der Waals surface area (Å²) in [5.41, 5.74) is 1.84. The predicted octanol–water partition coefficient (Wildman–Crippen LogP) is 3.52. The van der Waals surface area contributed by atoms with Crippen molar-refractivity contribution in [1.29, 1.82) is 0 Å². The minimum atomic E-state index is -0.458. The lowest BCUT2D eigenvalue weighted by Gasteiger charge is -2.30. The maximum Gasteiger partial charge on any atom is 0.338 e. The minimum Gasteiger partial charge on any atom is -0.458 e.